The van der Waals surface area contributed by atoms with Gasteiger partial charge in [0.05, 0.1) is 17.3 Å². The fourth-order valence-electron chi connectivity index (χ4n) is 18.0. The van der Waals surface area contributed by atoms with Gasteiger partial charge in [0.2, 0.25) is 0 Å². The average molecular weight is 1570 g/mol. The first-order valence-corrected chi connectivity index (χ1v) is 46.0. The van der Waals surface area contributed by atoms with Crippen LogP contribution in [0.5, 0.6) is 0 Å². The third-order valence-electron chi connectivity index (χ3n) is 27.5. The molecule has 7 fully saturated rings. The van der Waals surface area contributed by atoms with Gasteiger partial charge in [-0.05, 0) is 350 Å². The third-order valence-corrected chi connectivity index (χ3v) is 27.5. The van der Waals surface area contributed by atoms with Crippen LogP contribution in [0.3, 0.4) is 0 Å². The molecule has 0 spiro atoms. The van der Waals surface area contributed by atoms with E-state index in [4.69, 9.17) is 0 Å². The lowest BCUT2D eigenvalue weighted by atomic mass is 9.68. The van der Waals surface area contributed by atoms with Crippen LogP contribution in [0.2, 0.25) is 0 Å². The van der Waals surface area contributed by atoms with Gasteiger partial charge in [0.25, 0.3) is 0 Å². The highest BCUT2D eigenvalue weighted by Gasteiger charge is 2.49. The molecule has 1 aromatic rings. The van der Waals surface area contributed by atoms with Crippen molar-refractivity contribution in [3.8, 4) is 0 Å². The number of aliphatic hydroxyl groups is 1. The Morgan fingerprint density at radius 3 is 0.821 bits per heavy atom. The number of rotatable bonds is 0. The maximum absolute atomic E-state index is 10.6. The summed E-state index contributed by atoms with van der Waals surface area (Å²) >= 11 is 0. The lowest BCUT2D eigenvalue weighted by Crippen LogP contribution is -2.59. The van der Waals surface area contributed by atoms with Crippen LogP contribution in [0, 0.1) is 68.0 Å². The predicted molar refractivity (Wildman–Crippen MR) is 499 cm³/mol. The summed E-state index contributed by atoms with van der Waals surface area (Å²) in [5.41, 5.74) is 7.80. The molecule has 664 valence electrons. The van der Waals surface area contributed by atoms with E-state index >= 15 is 0 Å². The highest BCUT2D eigenvalue weighted by atomic mass is 16.3. The number of likely N-dealkylation sites (tertiary alicyclic amines) is 5. The van der Waals surface area contributed by atoms with Crippen LogP contribution < -0.4 is 0 Å². The van der Waals surface area contributed by atoms with E-state index in [0.717, 1.165) is 68.0 Å². The van der Waals surface area contributed by atoms with Gasteiger partial charge in [0.1, 0.15) is 0 Å². The van der Waals surface area contributed by atoms with Crippen molar-refractivity contribution in [1.82, 2.24) is 49.0 Å². The summed E-state index contributed by atoms with van der Waals surface area (Å²) < 4.78 is 2.02. The van der Waals surface area contributed by atoms with Crippen LogP contribution in [-0.4, -0.2) is 209 Å². The molecule has 1 saturated carbocycles. The Hall–Kier alpha value is -1.41. The maximum Gasteiger partial charge on any atom is 0.0720 e. The largest absolute Gasteiger partial charge is 0.389 e. The minimum absolute atomic E-state index is 0.00300. The third kappa shape index (κ3) is 35.7. The minimum atomic E-state index is -0.477. The highest BCUT2D eigenvalue weighted by molar-refractivity contribution is 5.17. The minimum Gasteiger partial charge on any atom is -0.389 e. The number of piperidine rings is 4. The molecule has 2 unspecified atom stereocenters. The average Bonchev–Trinajstić information content (AvgIpc) is 1.60. The maximum atomic E-state index is 10.6. The molecule has 7 aliphatic heterocycles. The van der Waals surface area contributed by atoms with E-state index in [2.05, 4.69) is 389 Å². The fourth-order valence-corrected chi connectivity index (χ4v) is 18.0. The van der Waals surface area contributed by atoms with Gasteiger partial charge in [-0.2, -0.15) is 5.10 Å². The zero-order chi connectivity index (χ0) is 87.8. The number of nitrogens with zero attached hydrogens (tertiary/aromatic N) is 10. The summed E-state index contributed by atoms with van der Waals surface area (Å²) in [5, 5.41) is 14.9. The van der Waals surface area contributed by atoms with Crippen molar-refractivity contribution in [3.05, 3.63) is 29.6 Å². The molecule has 0 amide bonds. The molecule has 8 aliphatic rings. The van der Waals surface area contributed by atoms with Crippen LogP contribution in [0.15, 0.2) is 24.0 Å². The molecule has 8 heterocycles. The Morgan fingerprint density at radius 2 is 0.598 bits per heavy atom. The van der Waals surface area contributed by atoms with Crippen molar-refractivity contribution in [2.75, 3.05) is 105 Å². The lowest BCUT2D eigenvalue weighted by Gasteiger charge is -2.52. The number of piperazine rings is 1. The Kier molecular flexibility index (Phi) is 37.7. The van der Waals surface area contributed by atoms with Gasteiger partial charge in [0, 0.05) is 129 Å². The zero-order valence-corrected chi connectivity index (χ0v) is 85.3. The summed E-state index contributed by atoms with van der Waals surface area (Å²) in [6.45, 7) is 130. The first-order chi connectivity index (χ1) is 49.5. The van der Waals surface area contributed by atoms with Gasteiger partial charge in [-0.15, -0.1) is 0 Å². The summed E-state index contributed by atoms with van der Waals surface area (Å²) in [6.07, 6.45) is 18.0. The van der Waals surface area contributed by atoms with Gasteiger partial charge < -0.3 is 5.11 Å². The number of fused-ring (bicyclic) bond motifs is 2. The van der Waals surface area contributed by atoms with Crippen LogP contribution in [0.25, 0.3) is 0 Å². The second-order valence-electron chi connectivity index (χ2n) is 53.0. The number of aromatic nitrogens is 2. The monoisotopic (exact) mass is 1570 g/mol. The summed E-state index contributed by atoms with van der Waals surface area (Å²) in [6, 6.07) is 0. The summed E-state index contributed by atoms with van der Waals surface area (Å²) in [4.78, 5) is 20.7. The van der Waals surface area contributed by atoms with Crippen molar-refractivity contribution in [1.29, 1.82) is 0 Å². The molecular formula is C101H204N10O. The lowest BCUT2D eigenvalue weighted by molar-refractivity contribution is -0.109. The van der Waals surface area contributed by atoms with Crippen molar-refractivity contribution >= 4 is 0 Å². The normalized spacial score (nSPS) is 23.6. The highest BCUT2D eigenvalue weighted by Crippen LogP contribution is 2.52. The van der Waals surface area contributed by atoms with Crippen molar-refractivity contribution in [3.63, 3.8) is 0 Å². The van der Waals surface area contributed by atoms with Crippen molar-refractivity contribution < 1.29 is 5.11 Å². The van der Waals surface area contributed by atoms with Gasteiger partial charge in [-0.1, -0.05) is 157 Å². The van der Waals surface area contributed by atoms with E-state index < -0.39 is 5.60 Å². The first-order valence-electron chi connectivity index (χ1n) is 46.0. The van der Waals surface area contributed by atoms with Gasteiger partial charge >= 0.3 is 0 Å². The Morgan fingerprint density at radius 1 is 0.304 bits per heavy atom. The van der Waals surface area contributed by atoms with E-state index in [1.807, 2.05) is 10.9 Å². The Bertz CT molecular complexity index is 2600. The quantitative estimate of drug-likeness (QED) is 0.254. The fraction of sp³-hybridized carbons (Fsp3) is 0.950. The molecule has 2 atom stereocenters. The van der Waals surface area contributed by atoms with Crippen LogP contribution in [0.4, 0.5) is 0 Å². The van der Waals surface area contributed by atoms with Crippen molar-refractivity contribution in [2.45, 2.75) is 451 Å². The molecule has 9 rings (SSSR count). The van der Waals surface area contributed by atoms with Gasteiger partial charge in [0.15, 0.2) is 0 Å². The smallest absolute Gasteiger partial charge is 0.0720 e. The molecule has 11 nitrogen and oxygen atoms in total. The SMILES string of the molecule is CC(C)(C)C1=CCN(C(C)(C)C)CC1.CC(C)(C)C1C2CCC1CN(C(C)(C)C)C2.CC(C)(C)C1CCN(C(C)(C)C)CC1.CC(C)(C)C1CCN(C(C)(C)C)CC1.CC(C)(C)C1CN(C(C)(C)C)C1.CC(C)(C)N1CCC(O)(C(C)(C)C)CC1.CC(C)(C)N1CCN(C(C)(C)C)CC1.CC(C)(C)c1cnn(C(C)(C)C)c1. The van der Waals surface area contributed by atoms with E-state index in [0.29, 0.717) is 65.8 Å². The molecular weight excluding hydrogens is 1370 g/mol. The molecule has 2 bridgehead atoms. The topological polar surface area (TPSA) is 64.0 Å². The Labute approximate surface area is 703 Å². The zero-order valence-electron chi connectivity index (χ0n) is 85.3. The van der Waals surface area contributed by atoms with E-state index in [9.17, 15) is 5.11 Å². The molecule has 11 heteroatoms. The molecule has 0 radical (unpaired) electrons. The standard InChI is InChI=1S/C15H29N.C13H27NO.2C13H27N.C13H25N.C12H26N2.C11H20N2.C11H23N/c1-14(2,3)13-11-7-8-12(13)10-16(9-11)15(4,5)6;1-11(2,3)13(15)7-9-14(10-8-13)12(4,5)6;3*1-12(2,3)11-7-9-14(10-8-11)13(4,5)6;1-11(2,3)13-7-9-14(10-8-13)12(4,5)6;1-10(2,3)9-7-12-13(8-9)11(4,5)6;1-10(2,3)9-7-12(8-9)11(4,5)6/h11-13H,7-10H2,1-6H3;15H,7-10H2,1-6H3;2*11H,7-10H2,1-6H3;7H,8-10H2,1-6H3;7-10H2,1-6H3;7-8H,1-6H3;9H,7-8H2,1-6H3. The van der Waals surface area contributed by atoms with Crippen LogP contribution >= 0.6 is 0 Å². The van der Waals surface area contributed by atoms with Crippen molar-refractivity contribution in [2.24, 2.45) is 68.0 Å². The van der Waals surface area contributed by atoms with Gasteiger partial charge in [-0.25, -0.2) is 0 Å². The first kappa shape index (κ1) is 107. The second kappa shape index (κ2) is 39.6. The molecule has 1 aromatic heterocycles. The summed E-state index contributed by atoms with van der Waals surface area (Å²) in [7, 11) is 0. The van der Waals surface area contributed by atoms with E-state index in [-0.39, 0.29) is 21.9 Å². The molecule has 112 heavy (non-hydrogen) atoms. The van der Waals surface area contributed by atoms with Crippen LogP contribution in [-0.2, 0) is 11.0 Å². The molecule has 1 aliphatic carbocycles. The number of hydrogen-bond acceptors (Lipinski definition) is 10. The second-order valence-corrected chi connectivity index (χ2v) is 53.0. The molecule has 6 saturated heterocycles. The predicted octanol–water partition coefficient (Wildman–Crippen LogP) is 24.9. The number of hydrogen-bond donors (Lipinski definition) is 1. The Balaban J connectivity index is 0.000000435. The molecule has 0 aromatic carbocycles. The van der Waals surface area contributed by atoms with Gasteiger partial charge in [-0.3, -0.25) is 43.9 Å². The van der Waals surface area contributed by atoms with E-state index in [1.165, 1.54) is 136 Å². The summed E-state index contributed by atoms with van der Waals surface area (Å²) in [5.74, 6) is 5.61. The van der Waals surface area contributed by atoms with Crippen LogP contribution in [0.1, 0.15) is 396 Å². The molecule has 1 N–H and O–H groups in total. The van der Waals surface area contributed by atoms with E-state index in [1.54, 1.807) is 5.57 Å².